The fourth-order valence-corrected chi connectivity index (χ4v) is 2.26. The number of sulfonamides is 1. The Labute approximate surface area is 108 Å². The number of hydrogen-bond acceptors (Lipinski definition) is 3. The minimum absolute atomic E-state index is 0.0657. The first kappa shape index (κ1) is 14.5. The van der Waals surface area contributed by atoms with Crippen LogP contribution in [0, 0.1) is 6.92 Å². The van der Waals surface area contributed by atoms with Crippen LogP contribution in [0.25, 0.3) is 0 Å². The van der Waals surface area contributed by atoms with Gasteiger partial charge in [0, 0.05) is 6.54 Å². The molecular formula is C12H19N3O2S. The Kier molecular flexibility index (Phi) is 5.15. The molecular weight excluding hydrogens is 250 g/mol. The van der Waals surface area contributed by atoms with Gasteiger partial charge in [0.25, 0.3) is 10.0 Å². The first-order valence-corrected chi connectivity index (χ1v) is 7.33. The van der Waals surface area contributed by atoms with Crippen LogP contribution >= 0.6 is 0 Å². The lowest BCUT2D eigenvalue weighted by Crippen LogP contribution is -2.36. The van der Waals surface area contributed by atoms with Crippen LogP contribution in [0.1, 0.15) is 25.3 Å². The van der Waals surface area contributed by atoms with Gasteiger partial charge >= 0.3 is 0 Å². The van der Waals surface area contributed by atoms with Crippen LogP contribution in [0.3, 0.4) is 0 Å². The highest BCUT2D eigenvalue weighted by Crippen LogP contribution is 2.09. The molecule has 5 nitrogen and oxygen atoms in total. The van der Waals surface area contributed by atoms with Crippen molar-refractivity contribution in [3.8, 4) is 0 Å². The minimum atomic E-state index is -3.62. The number of aryl methyl sites for hydroxylation is 1. The zero-order chi connectivity index (χ0) is 13.6. The van der Waals surface area contributed by atoms with Gasteiger partial charge < -0.3 is 5.73 Å². The van der Waals surface area contributed by atoms with E-state index in [0.29, 0.717) is 6.54 Å². The number of unbranched alkanes of at least 4 members (excludes halogenated alkanes) is 1. The van der Waals surface area contributed by atoms with Crippen LogP contribution < -0.4 is 10.5 Å². The molecule has 0 aliphatic rings. The Hall–Kier alpha value is -1.56. The molecule has 0 aromatic heterocycles. The molecule has 0 atom stereocenters. The quantitative estimate of drug-likeness (QED) is 0.481. The highest BCUT2D eigenvalue weighted by Gasteiger charge is 2.14. The first-order valence-electron chi connectivity index (χ1n) is 5.85. The van der Waals surface area contributed by atoms with Crippen LogP contribution in [0.5, 0.6) is 0 Å². The zero-order valence-corrected chi connectivity index (χ0v) is 11.5. The summed E-state index contributed by atoms with van der Waals surface area (Å²) in [6.07, 6.45) is 1.87. The smallest absolute Gasteiger partial charge is 0.264 e. The summed E-state index contributed by atoms with van der Waals surface area (Å²) in [4.78, 5) is 4.13. The summed E-state index contributed by atoms with van der Waals surface area (Å²) in [5.74, 6) is -0.0657. The summed E-state index contributed by atoms with van der Waals surface area (Å²) in [6, 6.07) is 6.55. The van der Waals surface area contributed by atoms with Crippen LogP contribution in [-0.4, -0.2) is 20.9 Å². The second kappa shape index (κ2) is 6.39. The second-order valence-corrected chi connectivity index (χ2v) is 5.72. The summed E-state index contributed by atoms with van der Waals surface area (Å²) < 4.78 is 26.1. The molecule has 0 amide bonds. The molecule has 6 heteroatoms. The van der Waals surface area contributed by atoms with Gasteiger partial charge in [-0.05, 0) is 25.5 Å². The Morgan fingerprint density at radius 1 is 1.33 bits per heavy atom. The zero-order valence-electron chi connectivity index (χ0n) is 10.7. The topological polar surface area (TPSA) is 84.5 Å². The molecule has 0 saturated carbocycles. The lowest BCUT2D eigenvalue weighted by molar-refractivity contribution is 0.592. The van der Waals surface area contributed by atoms with E-state index in [1.165, 1.54) is 12.1 Å². The van der Waals surface area contributed by atoms with Gasteiger partial charge in [0.05, 0.1) is 4.90 Å². The highest BCUT2D eigenvalue weighted by atomic mass is 32.2. The number of aliphatic imine (C=N–C) groups is 1. The Bertz CT molecular complexity index is 507. The summed E-state index contributed by atoms with van der Waals surface area (Å²) in [6.45, 7) is 4.45. The third-order valence-corrected chi connectivity index (χ3v) is 3.73. The lowest BCUT2D eigenvalue weighted by atomic mass is 10.2. The average Bonchev–Trinajstić information content (AvgIpc) is 2.29. The summed E-state index contributed by atoms with van der Waals surface area (Å²) in [7, 11) is -3.62. The van der Waals surface area contributed by atoms with Gasteiger partial charge in [0.15, 0.2) is 0 Å². The van der Waals surface area contributed by atoms with Crippen molar-refractivity contribution in [1.82, 2.24) is 4.72 Å². The van der Waals surface area contributed by atoms with Crippen molar-refractivity contribution in [2.45, 2.75) is 31.6 Å². The Morgan fingerprint density at radius 3 is 2.50 bits per heavy atom. The minimum Gasteiger partial charge on any atom is -0.369 e. The molecule has 1 rings (SSSR count). The summed E-state index contributed by atoms with van der Waals surface area (Å²) in [5.41, 5.74) is 6.53. The van der Waals surface area contributed by atoms with E-state index in [1.807, 2.05) is 13.8 Å². The number of nitrogens with two attached hydrogens (primary N) is 1. The van der Waals surface area contributed by atoms with Gasteiger partial charge in [0.2, 0.25) is 5.96 Å². The van der Waals surface area contributed by atoms with E-state index in [4.69, 9.17) is 5.73 Å². The molecule has 0 bridgehead atoms. The number of nitrogens with one attached hydrogen (secondary N) is 1. The van der Waals surface area contributed by atoms with Crippen molar-refractivity contribution in [2.24, 2.45) is 10.7 Å². The summed E-state index contributed by atoms with van der Waals surface area (Å²) >= 11 is 0. The van der Waals surface area contributed by atoms with Crippen molar-refractivity contribution in [3.05, 3.63) is 29.8 Å². The molecule has 100 valence electrons. The molecule has 0 spiro atoms. The molecule has 0 aliphatic heterocycles. The fraction of sp³-hybridized carbons (Fsp3) is 0.417. The maximum atomic E-state index is 11.9. The van der Waals surface area contributed by atoms with Crippen molar-refractivity contribution in [3.63, 3.8) is 0 Å². The third kappa shape index (κ3) is 4.37. The Morgan fingerprint density at radius 2 is 1.94 bits per heavy atom. The maximum Gasteiger partial charge on any atom is 0.264 e. The average molecular weight is 269 g/mol. The molecule has 0 unspecified atom stereocenters. The molecule has 0 radical (unpaired) electrons. The number of hydrogen-bond donors (Lipinski definition) is 2. The van der Waals surface area contributed by atoms with Crippen LogP contribution in [0.4, 0.5) is 0 Å². The van der Waals surface area contributed by atoms with Gasteiger partial charge in [-0.15, -0.1) is 0 Å². The van der Waals surface area contributed by atoms with E-state index < -0.39 is 10.0 Å². The van der Waals surface area contributed by atoms with E-state index in [1.54, 1.807) is 12.1 Å². The largest absolute Gasteiger partial charge is 0.369 e. The summed E-state index contributed by atoms with van der Waals surface area (Å²) in [5, 5.41) is 0. The van der Waals surface area contributed by atoms with Gasteiger partial charge in [-0.1, -0.05) is 31.0 Å². The highest BCUT2D eigenvalue weighted by molar-refractivity contribution is 7.90. The first-order chi connectivity index (χ1) is 8.45. The predicted molar refractivity (Wildman–Crippen MR) is 72.9 cm³/mol. The SMILES string of the molecule is CCCCN=C(N)NS(=O)(=O)c1ccc(C)cc1. The third-order valence-electron chi connectivity index (χ3n) is 2.36. The van der Waals surface area contributed by atoms with E-state index >= 15 is 0 Å². The van der Waals surface area contributed by atoms with Crippen molar-refractivity contribution >= 4 is 16.0 Å². The number of benzene rings is 1. The van der Waals surface area contributed by atoms with Crippen LogP contribution in [-0.2, 0) is 10.0 Å². The Balaban J connectivity index is 2.76. The van der Waals surface area contributed by atoms with E-state index in [9.17, 15) is 8.42 Å². The van der Waals surface area contributed by atoms with Gasteiger partial charge in [-0.3, -0.25) is 4.99 Å². The molecule has 3 N–H and O–H groups in total. The maximum absolute atomic E-state index is 11.9. The molecule has 0 saturated heterocycles. The molecule has 18 heavy (non-hydrogen) atoms. The second-order valence-electron chi connectivity index (χ2n) is 4.04. The number of rotatable bonds is 5. The molecule has 0 aliphatic carbocycles. The van der Waals surface area contributed by atoms with E-state index in [0.717, 1.165) is 18.4 Å². The van der Waals surface area contributed by atoms with Gasteiger partial charge in [-0.25, -0.2) is 13.1 Å². The predicted octanol–water partition coefficient (Wildman–Crippen LogP) is 1.39. The molecule has 0 heterocycles. The van der Waals surface area contributed by atoms with Gasteiger partial charge in [-0.2, -0.15) is 0 Å². The lowest BCUT2D eigenvalue weighted by Gasteiger charge is -2.07. The van der Waals surface area contributed by atoms with Crippen molar-refractivity contribution in [1.29, 1.82) is 0 Å². The van der Waals surface area contributed by atoms with Crippen LogP contribution in [0.15, 0.2) is 34.2 Å². The normalized spacial score (nSPS) is 12.4. The number of guanidine groups is 1. The van der Waals surface area contributed by atoms with E-state index in [-0.39, 0.29) is 10.9 Å². The van der Waals surface area contributed by atoms with Crippen molar-refractivity contribution in [2.75, 3.05) is 6.54 Å². The van der Waals surface area contributed by atoms with Gasteiger partial charge in [0.1, 0.15) is 0 Å². The molecule has 1 aromatic carbocycles. The monoisotopic (exact) mass is 269 g/mol. The van der Waals surface area contributed by atoms with Crippen molar-refractivity contribution < 1.29 is 8.42 Å². The van der Waals surface area contributed by atoms with Crippen LogP contribution in [0.2, 0.25) is 0 Å². The molecule has 1 aromatic rings. The molecule has 0 fully saturated rings. The fourth-order valence-electron chi connectivity index (χ4n) is 1.30. The van der Waals surface area contributed by atoms with E-state index in [2.05, 4.69) is 9.71 Å². The number of nitrogens with zero attached hydrogens (tertiary/aromatic N) is 1. The standard InChI is InChI=1S/C12H19N3O2S/c1-3-4-9-14-12(13)15-18(16,17)11-7-5-10(2)6-8-11/h5-8H,3-4,9H2,1-2H3,(H3,13,14,15).